The van der Waals surface area contributed by atoms with Gasteiger partial charge in [-0.2, -0.15) is 0 Å². The molecular weight excluding hydrogens is 236 g/mol. The zero-order chi connectivity index (χ0) is 12.5. The van der Waals surface area contributed by atoms with Gasteiger partial charge in [-0.3, -0.25) is 4.90 Å². The van der Waals surface area contributed by atoms with E-state index in [-0.39, 0.29) is 6.04 Å². The van der Waals surface area contributed by atoms with E-state index in [9.17, 15) is 5.11 Å². The molecule has 1 saturated heterocycles. The van der Waals surface area contributed by atoms with Gasteiger partial charge >= 0.3 is 0 Å². The standard InChI is InChI=1S/C13H19ClN2O/c1-13(17)5-6-16(9-13)12(8-15)10-3-2-4-11(14)7-10/h2-4,7,12,17H,5-6,8-9,15H2,1H3. The minimum atomic E-state index is -0.591. The second kappa shape index (κ2) is 4.94. The third-order valence-electron chi connectivity index (χ3n) is 3.38. The molecule has 0 radical (unpaired) electrons. The van der Waals surface area contributed by atoms with Gasteiger partial charge in [0, 0.05) is 30.7 Å². The van der Waals surface area contributed by atoms with Crippen molar-refractivity contribution in [1.29, 1.82) is 0 Å². The number of hydrogen-bond acceptors (Lipinski definition) is 3. The minimum Gasteiger partial charge on any atom is -0.389 e. The predicted octanol–water partition coefficient (Wildman–Crippen LogP) is 1.80. The topological polar surface area (TPSA) is 49.5 Å². The molecule has 0 aliphatic carbocycles. The van der Waals surface area contributed by atoms with E-state index in [4.69, 9.17) is 17.3 Å². The summed E-state index contributed by atoms with van der Waals surface area (Å²) in [6.45, 7) is 3.96. The molecule has 17 heavy (non-hydrogen) atoms. The Morgan fingerprint density at radius 1 is 1.59 bits per heavy atom. The van der Waals surface area contributed by atoms with Crippen LogP contribution in [-0.4, -0.2) is 35.2 Å². The molecule has 1 aliphatic rings. The molecule has 1 heterocycles. The lowest BCUT2D eigenvalue weighted by Gasteiger charge is -2.28. The fourth-order valence-corrected chi connectivity index (χ4v) is 2.65. The highest BCUT2D eigenvalue weighted by molar-refractivity contribution is 6.30. The van der Waals surface area contributed by atoms with Crippen LogP contribution in [0.5, 0.6) is 0 Å². The summed E-state index contributed by atoms with van der Waals surface area (Å²) in [5.41, 5.74) is 6.39. The first kappa shape index (κ1) is 12.8. The SMILES string of the molecule is CC1(O)CCN(C(CN)c2cccc(Cl)c2)C1. The summed E-state index contributed by atoms with van der Waals surface area (Å²) in [6.07, 6.45) is 0.796. The lowest BCUT2D eigenvalue weighted by atomic mass is 10.1. The molecule has 0 aromatic heterocycles. The maximum absolute atomic E-state index is 10.0. The highest BCUT2D eigenvalue weighted by atomic mass is 35.5. The van der Waals surface area contributed by atoms with Gasteiger partial charge < -0.3 is 10.8 Å². The normalized spacial score (nSPS) is 27.3. The van der Waals surface area contributed by atoms with Crippen molar-refractivity contribution in [1.82, 2.24) is 4.90 Å². The van der Waals surface area contributed by atoms with Gasteiger partial charge in [0.15, 0.2) is 0 Å². The van der Waals surface area contributed by atoms with E-state index in [1.807, 2.05) is 31.2 Å². The molecule has 3 N–H and O–H groups in total. The van der Waals surface area contributed by atoms with Gasteiger partial charge in [-0.25, -0.2) is 0 Å². The minimum absolute atomic E-state index is 0.141. The summed E-state index contributed by atoms with van der Waals surface area (Å²) < 4.78 is 0. The smallest absolute Gasteiger partial charge is 0.0758 e. The first-order valence-electron chi connectivity index (χ1n) is 5.94. The van der Waals surface area contributed by atoms with E-state index >= 15 is 0 Å². The van der Waals surface area contributed by atoms with Gasteiger partial charge in [0.1, 0.15) is 0 Å². The average molecular weight is 255 g/mol. The highest BCUT2D eigenvalue weighted by Crippen LogP contribution is 2.30. The molecule has 2 unspecified atom stereocenters. The van der Waals surface area contributed by atoms with Gasteiger partial charge in [0.25, 0.3) is 0 Å². The third kappa shape index (κ3) is 2.99. The highest BCUT2D eigenvalue weighted by Gasteiger charge is 2.35. The number of aliphatic hydroxyl groups is 1. The Kier molecular flexibility index (Phi) is 3.73. The van der Waals surface area contributed by atoms with Crippen molar-refractivity contribution in [3.63, 3.8) is 0 Å². The van der Waals surface area contributed by atoms with Crippen molar-refractivity contribution in [3.8, 4) is 0 Å². The first-order valence-corrected chi connectivity index (χ1v) is 6.31. The summed E-state index contributed by atoms with van der Waals surface area (Å²) >= 11 is 6.00. The molecule has 2 atom stereocenters. The Morgan fingerprint density at radius 3 is 2.88 bits per heavy atom. The molecule has 0 saturated carbocycles. The van der Waals surface area contributed by atoms with Crippen LogP contribution in [0.4, 0.5) is 0 Å². The van der Waals surface area contributed by atoms with Crippen molar-refractivity contribution in [2.75, 3.05) is 19.6 Å². The molecule has 0 spiro atoms. The second-order valence-electron chi connectivity index (χ2n) is 5.02. The van der Waals surface area contributed by atoms with E-state index in [0.717, 1.165) is 23.6 Å². The number of benzene rings is 1. The van der Waals surface area contributed by atoms with Crippen LogP contribution in [0.15, 0.2) is 24.3 Å². The number of β-amino-alcohol motifs (C(OH)–C–C–N with tert-alkyl or cyclic N) is 1. The van der Waals surface area contributed by atoms with Crippen molar-refractivity contribution in [3.05, 3.63) is 34.9 Å². The lowest BCUT2D eigenvalue weighted by molar-refractivity contribution is 0.0626. The van der Waals surface area contributed by atoms with Crippen LogP contribution in [-0.2, 0) is 0 Å². The van der Waals surface area contributed by atoms with Crippen LogP contribution in [0.25, 0.3) is 0 Å². The van der Waals surface area contributed by atoms with Crippen LogP contribution in [0.2, 0.25) is 5.02 Å². The van der Waals surface area contributed by atoms with E-state index in [1.165, 1.54) is 0 Å². The molecule has 1 aromatic rings. The van der Waals surface area contributed by atoms with Crippen molar-refractivity contribution >= 4 is 11.6 Å². The zero-order valence-electron chi connectivity index (χ0n) is 10.1. The third-order valence-corrected chi connectivity index (χ3v) is 3.61. The molecule has 4 heteroatoms. The van der Waals surface area contributed by atoms with Gasteiger partial charge in [0.2, 0.25) is 0 Å². The molecule has 2 rings (SSSR count). The Bertz CT molecular complexity index is 395. The maximum atomic E-state index is 10.0. The summed E-state index contributed by atoms with van der Waals surface area (Å²) in [4.78, 5) is 2.23. The Labute approximate surface area is 107 Å². The monoisotopic (exact) mass is 254 g/mol. The predicted molar refractivity (Wildman–Crippen MR) is 70.1 cm³/mol. The first-order chi connectivity index (χ1) is 8.02. The molecule has 0 bridgehead atoms. The molecule has 0 amide bonds. The molecular formula is C13H19ClN2O. The van der Waals surface area contributed by atoms with Gasteiger partial charge in [-0.05, 0) is 31.0 Å². The summed E-state index contributed by atoms with van der Waals surface area (Å²) in [5.74, 6) is 0. The second-order valence-corrected chi connectivity index (χ2v) is 5.46. The van der Waals surface area contributed by atoms with E-state index < -0.39 is 5.60 Å². The van der Waals surface area contributed by atoms with Crippen LogP contribution < -0.4 is 5.73 Å². The number of hydrogen-bond donors (Lipinski definition) is 2. The lowest BCUT2D eigenvalue weighted by Crippen LogP contribution is -2.35. The molecule has 1 fully saturated rings. The number of nitrogens with two attached hydrogens (primary N) is 1. The Hall–Kier alpha value is -0.610. The van der Waals surface area contributed by atoms with Crippen molar-refractivity contribution in [2.45, 2.75) is 25.0 Å². The van der Waals surface area contributed by atoms with Crippen LogP contribution >= 0.6 is 11.6 Å². The number of likely N-dealkylation sites (tertiary alicyclic amines) is 1. The number of halogens is 1. The molecule has 1 aromatic carbocycles. The summed E-state index contributed by atoms with van der Waals surface area (Å²) in [5, 5.41) is 10.7. The van der Waals surface area contributed by atoms with Crippen LogP contribution in [0.1, 0.15) is 24.9 Å². The Morgan fingerprint density at radius 2 is 2.35 bits per heavy atom. The summed E-state index contributed by atoms with van der Waals surface area (Å²) in [6, 6.07) is 7.93. The number of nitrogens with zero attached hydrogens (tertiary/aromatic N) is 1. The maximum Gasteiger partial charge on any atom is 0.0758 e. The van der Waals surface area contributed by atoms with Crippen LogP contribution in [0, 0.1) is 0 Å². The molecule has 1 aliphatic heterocycles. The van der Waals surface area contributed by atoms with Crippen LogP contribution in [0.3, 0.4) is 0 Å². The molecule has 3 nitrogen and oxygen atoms in total. The van der Waals surface area contributed by atoms with E-state index in [1.54, 1.807) is 0 Å². The summed E-state index contributed by atoms with van der Waals surface area (Å²) in [7, 11) is 0. The average Bonchev–Trinajstić information content (AvgIpc) is 2.60. The van der Waals surface area contributed by atoms with Crippen molar-refractivity contribution < 1.29 is 5.11 Å². The largest absolute Gasteiger partial charge is 0.389 e. The van der Waals surface area contributed by atoms with Gasteiger partial charge in [-0.15, -0.1) is 0 Å². The van der Waals surface area contributed by atoms with Gasteiger partial charge in [-0.1, -0.05) is 23.7 Å². The zero-order valence-corrected chi connectivity index (χ0v) is 10.8. The number of rotatable bonds is 3. The molecule has 94 valence electrons. The fraction of sp³-hybridized carbons (Fsp3) is 0.538. The Balaban J connectivity index is 2.17. The van der Waals surface area contributed by atoms with Gasteiger partial charge in [0.05, 0.1) is 5.60 Å². The van der Waals surface area contributed by atoms with E-state index in [0.29, 0.717) is 13.1 Å². The van der Waals surface area contributed by atoms with E-state index in [2.05, 4.69) is 4.90 Å². The van der Waals surface area contributed by atoms with Crippen molar-refractivity contribution in [2.24, 2.45) is 5.73 Å². The quantitative estimate of drug-likeness (QED) is 0.865. The fourth-order valence-electron chi connectivity index (χ4n) is 2.46.